The average Bonchev–Trinajstić information content (AvgIpc) is 3.38. The van der Waals surface area contributed by atoms with Crippen molar-refractivity contribution < 1.29 is 28.5 Å². The van der Waals surface area contributed by atoms with Crippen molar-refractivity contribution in [2.24, 2.45) is 0 Å². The number of fused-ring (bicyclic) bond motifs is 2. The van der Waals surface area contributed by atoms with Crippen molar-refractivity contribution in [3.8, 4) is 23.0 Å². The fraction of sp³-hybridized carbons (Fsp3) is 0.207. The summed E-state index contributed by atoms with van der Waals surface area (Å²) in [5.41, 5.74) is 2.76. The lowest BCUT2D eigenvalue weighted by Gasteiger charge is -2.15. The lowest BCUT2D eigenvalue weighted by Crippen LogP contribution is -2.24. The van der Waals surface area contributed by atoms with Crippen LogP contribution in [0.2, 0.25) is 0 Å². The number of pyridine rings is 1. The Morgan fingerprint density at radius 1 is 0.947 bits per heavy atom. The number of methoxy groups -OCH3 is 2. The Morgan fingerprint density at radius 2 is 1.71 bits per heavy atom. The number of nitrogens with one attached hydrogen (secondary N) is 1. The Morgan fingerprint density at radius 3 is 2.42 bits per heavy atom. The van der Waals surface area contributed by atoms with E-state index < -0.39 is 11.2 Å². The van der Waals surface area contributed by atoms with Gasteiger partial charge in [-0.1, -0.05) is 12.1 Å². The smallest absolute Gasteiger partial charge is 0.244 e. The predicted octanol–water partition coefficient (Wildman–Crippen LogP) is 4.23. The second-order valence-corrected chi connectivity index (χ2v) is 8.96. The van der Waals surface area contributed by atoms with E-state index in [-0.39, 0.29) is 30.2 Å². The molecule has 0 unspecified atom stereocenters. The van der Waals surface area contributed by atoms with Crippen molar-refractivity contribution in [2.45, 2.75) is 20.4 Å². The molecule has 1 amide bonds. The van der Waals surface area contributed by atoms with Crippen LogP contribution in [0.25, 0.3) is 10.9 Å². The van der Waals surface area contributed by atoms with Gasteiger partial charge in [-0.05, 0) is 49.2 Å². The monoisotopic (exact) mass is 514 g/mol. The minimum Gasteiger partial charge on any atom is -0.497 e. The summed E-state index contributed by atoms with van der Waals surface area (Å²) in [5.74, 6) is 1.05. The molecule has 0 fully saturated rings. The van der Waals surface area contributed by atoms with Gasteiger partial charge in [0.15, 0.2) is 17.3 Å². The Hall–Kier alpha value is -4.79. The zero-order valence-electron chi connectivity index (χ0n) is 21.4. The number of anilines is 1. The molecule has 4 aromatic rings. The fourth-order valence-corrected chi connectivity index (χ4v) is 4.36. The summed E-state index contributed by atoms with van der Waals surface area (Å²) < 4.78 is 23.1. The number of aryl methyl sites for hydroxylation is 2. The molecule has 0 atom stereocenters. The molecule has 1 N–H and O–H groups in total. The molecule has 38 heavy (non-hydrogen) atoms. The number of ether oxygens (including phenoxy) is 4. The van der Waals surface area contributed by atoms with Gasteiger partial charge in [-0.2, -0.15) is 0 Å². The van der Waals surface area contributed by atoms with Crippen LogP contribution in [0.5, 0.6) is 23.0 Å². The van der Waals surface area contributed by atoms with Crippen LogP contribution in [0.3, 0.4) is 0 Å². The Bertz CT molecular complexity index is 1660. The van der Waals surface area contributed by atoms with Crippen LogP contribution < -0.4 is 29.7 Å². The first-order valence-electron chi connectivity index (χ1n) is 11.9. The third-order valence-electron chi connectivity index (χ3n) is 6.58. The van der Waals surface area contributed by atoms with Crippen LogP contribution >= 0.6 is 0 Å². The largest absolute Gasteiger partial charge is 0.497 e. The normalized spacial score (nSPS) is 11.9. The van der Waals surface area contributed by atoms with E-state index in [2.05, 4.69) is 5.32 Å². The van der Waals surface area contributed by atoms with Gasteiger partial charge in [-0.3, -0.25) is 14.4 Å². The highest BCUT2D eigenvalue weighted by atomic mass is 16.7. The molecule has 0 bridgehead atoms. The van der Waals surface area contributed by atoms with E-state index in [1.54, 1.807) is 47.0 Å². The number of amides is 1. The lowest BCUT2D eigenvalue weighted by atomic mass is 9.98. The second kappa shape index (κ2) is 9.93. The van der Waals surface area contributed by atoms with E-state index in [0.717, 1.165) is 11.1 Å². The summed E-state index contributed by atoms with van der Waals surface area (Å²) >= 11 is 0. The maximum absolute atomic E-state index is 13.5. The second-order valence-electron chi connectivity index (χ2n) is 8.96. The third kappa shape index (κ3) is 4.54. The molecule has 1 aliphatic heterocycles. The van der Waals surface area contributed by atoms with Crippen molar-refractivity contribution in [3.63, 3.8) is 0 Å². The van der Waals surface area contributed by atoms with Gasteiger partial charge in [0, 0.05) is 23.9 Å². The predicted molar refractivity (Wildman–Crippen MR) is 142 cm³/mol. The van der Waals surface area contributed by atoms with Crippen molar-refractivity contribution in [1.82, 2.24) is 4.57 Å². The van der Waals surface area contributed by atoms with Gasteiger partial charge >= 0.3 is 0 Å². The molecule has 0 radical (unpaired) electrons. The van der Waals surface area contributed by atoms with E-state index >= 15 is 0 Å². The van der Waals surface area contributed by atoms with E-state index in [1.807, 2.05) is 19.9 Å². The van der Waals surface area contributed by atoms with Crippen LogP contribution in [0.1, 0.15) is 27.0 Å². The van der Waals surface area contributed by atoms with Crippen LogP contribution in [0.15, 0.2) is 59.5 Å². The molecule has 0 aliphatic carbocycles. The highest BCUT2D eigenvalue weighted by molar-refractivity contribution is 6.10. The number of hydrogen-bond donors (Lipinski definition) is 1. The van der Waals surface area contributed by atoms with E-state index in [4.69, 9.17) is 18.9 Å². The minimum atomic E-state index is -0.449. The third-order valence-corrected chi connectivity index (χ3v) is 6.58. The number of nitrogens with zero attached hydrogens (tertiary/aromatic N) is 1. The van der Waals surface area contributed by atoms with E-state index in [0.29, 0.717) is 39.8 Å². The highest BCUT2D eigenvalue weighted by Gasteiger charge is 2.23. The first-order valence-corrected chi connectivity index (χ1v) is 11.9. The summed E-state index contributed by atoms with van der Waals surface area (Å²) in [7, 11) is 3.03. The SMILES string of the molecule is COc1ccc(NC(=O)Cn2cc(C(=O)c3ccc(C)c(C)c3)c(=O)c3cc4c(cc32)OCO4)c(OC)c1. The molecule has 0 saturated heterocycles. The van der Waals surface area contributed by atoms with E-state index in [1.165, 1.54) is 20.4 Å². The molecule has 1 aliphatic rings. The number of carbonyl (C=O) groups is 2. The van der Waals surface area contributed by atoms with Crippen LogP contribution in [0, 0.1) is 13.8 Å². The summed E-state index contributed by atoms with van der Waals surface area (Å²) in [5, 5.41) is 3.08. The van der Waals surface area contributed by atoms with Crippen LogP contribution in [-0.2, 0) is 11.3 Å². The average molecular weight is 515 g/mol. The highest BCUT2D eigenvalue weighted by Crippen LogP contribution is 2.35. The number of ketones is 1. The zero-order valence-corrected chi connectivity index (χ0v) is 21.4. The molecule has 2 heterocycles. The molecule has 0 spiro atoms. The van der Waals surface area contributed by atoms with Gasteiger partial charge in [-0.25, -0.2) is 0 Å². The van der Waals surface area contributed by atoms with Crippen molar-refractivity contribution >= 4 is 28.3 Å². The number of hydrogen-bond acceptors (Lipinski definition) is 7. The number of aromatic nitrogens is 1. The summed E-state index contributed by atoms with van der Waals surface area (Å²) in [6.07, 6.45) is 1.43. The number of rotatable bonds is 7. The number of carbonyl (C=O) groups excluding carboxylic acids is 2. The van der Waals surface area contributed by atoms with E-state index in [9.17, 15) is 14.4 Å². The molecule has 194 valence electrons. The molecule has 9 nitrogen and oxygen atoms in total. The van der Waals surface area contributed by atoms with Gasteiger partial charge < -0.3 is 28.8 Å². The first kappa shape index (κ1) is 24.9. The van der Waals surface area contributed by atoms with Crippen molar-refractivity contribution in [1.29, 1.82) is 0 Å². The molecular weight excluding hydrogens is 488 g/mol. The Balaban J connectivity index is 1.57. The zero-order chi connectivity index (χ0) is 27.0. The maximum atomic E-state index is 13.5. The first-order chi connectivity index (χ1) is 18.3. The molecular formula is C29H26N2O7. The molecule has 5 rings (SSSR count). The number of benzene rings is 3. The lowest BCUT2D eigenvalue weighted by molar-refractivity contribution is -0.116. The quantitative estimate of drug-likeness (QED) is 0.368. The Labute approximate surface area is 218 Å². The van der Waals surface area contributed by atoms with Crippen LogP contribution in [0.4, 0.5) is 5.69 Å². The van der Waals surface area contributed by atoms with Crippen molar-refractivity contribution in [2.75, 3.05) is 26.3 Å². The Kier molecular flexibility index (Phi) is 6.50. The van der Waals surface area contributed by atoms with Crippen LogP contribution in [-0.4, -0.2) is 37.3 Å². The molecule has 3 aromatic carbocycles. The minimum absolute atomic E-state index is 0.0199. The topological polar surface area (TPSA) is 105 Å². The van der Waals surface area contributed by atoms with Gasteiger partial charge in [0.25, 0.3) is 0 Å². The standard InChI is InChI=1S/C29H26N2O7/c1-16-5-6-18(9-17(16)2)28(33)21-13-31(23-12-26-25(37-15-38-26)11-20(23)29(21)34)14-27(32)30-22-8-7-19(35-3)10-24(22)36-4/h5-13H,14-15H2,1-4H3,(H,30,32). The summed E-state index contributed by atoms with van der Waals surface area (Å²) in [6.45, 7) is 3.69. The maximum Gasteiger partial charge on any atom is 0.244 e. The summed E-state index contributed by atoms with van der Waals surface area (Å²) in [6, 6.07) is 13.5. The fourth-order valence-electron chi connectivity index (χ4n) is 4.36. The van der Waals surface area contributed by atoms with Gasteiger partial charge in [0.1, 0.15) is 18.0 Å². The summed E-state index contributed by atoms with van der Waals surface area (Å²) in [4.78, 5) is 40.2. The van der Waals surface area contributed by atoms with Gasteiger partial charge in [0.2, 0.25) is 18.1 Å². The van der Waals surface area contributed by atoms with Crippen molar-refractivity contribution in [3.05, 3.63) is 87.2 Å². The van der Waals surface area contributed by atoms with Gasteiger partial charge in [0.05, 0.1) is 36.4 Å². The molecule has 1 aromatic heterocycles. The molecule has 9 heteroatoms. The van der Waals surface area contributed by atoms with Gasteiger partial charge in [-0.15, -0.1) is 0 Å². The molecule has 0 saturated carbocycles.